The van der Waals surface area contributed by atoms with Gasteiger partial charge in [-0.05, 0) is 38.0 Å². The fourth-order valence-electron chi connectivity index (χ4n) is 1.72. The lowest BCUT2D eigenvalue weighted by atomic mass is 10.1. The van der Waals surface area contributed by atoms with Crippen molar-refractivity contribution in [3.05, 3.63) is 34.9 Å². The van der Waals surface area contributed by atoms with Crippen LogP contribution in [0.1, 0.15) is 38.8 Å². The van der Waals surface area contributed by atoms with E-state index in [1.807, 2.05) is 45.0 Å². The topological polar surface area (TPSA) is 41.1 Å². The minimum absolute atomic E-state index is 0.0331. The van der Waals surface area contributed by atoms with Crippen molar-refractivity contribution in [2.45, 2.75) is 39.3 Å². The van der Waals surface area contributed by atoms with Crippen LogP contribution in [0.2, 0.25) is 5.02 Å². The molecule has 2 atom stereocenters. The van der Waals surface area contributed by atoms with E-state index in [2.05, 4.69) is 10.6 Å². The first kappa shape index (κ1) is 15.0. The molecular formula is C14H21ClN2O. The van der Waals surface area contributed by atoms with Crippen LogP contribution in [0.25, 0.3) is 0 Å². The minimum atomic E-state index is -0.217. The standard InChI is InChI=1S/C14H21ClN2O/c1-4-8-16-14(18)11(3)17-10(2)12-6-5-7-13(15)9-12/h5-7,9-11,17H,4,8H2,1-3H3,(H,16,18)/t10-,11?/m0/s1. The number of nitrogens with one attached hydrogen (secondary N) is 2. The summed E-state index contributed by atoms with van der Waals surface area (Å²) >= 11 is 5.95. The van der Waals surface area contributed by atoms with Gasteiger partial charge in [-0.1, -0.05) is 30.7 Å². The van der Waals surface area contributed by atoms with E-state index < -0.39 is 0 Å². The zero-order valence-electron chi connectivity index (χ0n) is 11.2. The molecule has 0 aromatic heterocycles. The van der Waals surface area contributed by atoms with Crippen molar-refractivity contribution in [3.63, 3.8) is 0 Å². The average molecular weight is 269 g/mol. The Kier molecular flexibility index (Phi) is 6.16. The summed E-state index contributed by atoms with van der Waals surface area (Å²) in [6.07, 6.45) is 0.947. The number of benzene rings is 1. The predicted octanol–water partition coefficient (Wildman–Crippen LogP) is 2.91. The third-order valence-corrected chi connectivity index (χ3v) is 3.03. The molecule has 0 aliphatic rings. The van der Waals surface area contributed by atoms with Gasteiger partial charge in [0.05, 0.1) is 6.04 Å². The number of carbonyl (C=O) groups excluding carboxylic acids is 1. The molecule has 0 heterocycles. The Morgan fingerprint density at radius 2 is 2.11 bits per heavy atom. The third-order valence-electron chi connectivity index (χ3n) is 2.79. The van der Waals surface area contributed by atoms with Crippen LogP contribution in [0, 0.1) is 0 Å². The molecule has 4 heteroatoms. The van der Waals surface area contributed by atoms with Crippen molar-refractivity contribution in [1.29, 1.82) is 0 Å². The first-order valence-corrected chi connectivity index (χ1v) is 6.71. The molecule has 0 radical (unpaired) electrons. The fraction of sp³-hybridized carbons (Fsp3) is 0.500. The van der Waals surface area contributed by atoms with Gasteiger partial charge in [0.1, 0.15) is 0 Å². The lowest BCUT2D eigenvalue weighted by Gasteiger charge is -2.20. The zero-order chi connectivity index (χ0) is 13.5. The molecule has 1 amide bonds. The van der Waals surface area contributed by atoms with Crippen LogP contribution in [0.4, 0.5) is 0 Å². The van der Waals surface area contributed by atoms with Crippen LogP contribution in [0.5, 0.6) is 0 Å². The summed E-state index contributed by atoms with van der Waals surface area (Å²) in [7, 11) is 0. The molecule has 0 spiro atoms. The SMILES string of the molecule is CCCNC(=O)C(C)N[C@@H](C)c1cccc(Cl)c1. The highest BCUT2D eigenvalue weighted by Crippen LogP contribution is 2.17. The van der Waals surface area contributed by atoms with Crippen molar-refractivity contribution in [2.75, 3.05) is 6.54 Å². The van der Waals surface area contributed by atoms with Gasteiger partial charge in [0, 0.05) is 17.6 Å². The summed E-state index contributed by atoms with van der Waals surface area (Å²) in [6, 6.07) is 7.54. The Hall–Kier alpha value is -1.06. The molecule has 2 N–H and O–H groups in total. The van der Waals surface area contributed by atoms with E-state index >= 15 is 0 Å². The first-order valence-electron chi connectivity index (χ1n) is 6.33. The fourth-order valence-corrected chi connectivity index (χ4v) is 1.92. The Labute approximate surface area is 114 Å². The van der Waals surface area contributed by atoms with Gasteiger partial charge >= 0.3 is 0 Å². The molecule has 0 fully saturated rings. The summed E-state index contributed by atoms with van der Waals surface area (Å²) in [5, 5.41) is 6.85. The van der Waals surface area contributed by atoms with Crippen LogP contribution in [-0.2, 0) is 4.79 Å². The molecule has 0 saturated heterocycles. The quantitative estimate of drug-likeness (QED) is 0.833. The second kappa shape index (κ2) is 7.39. The second-order valence-corrected chi connectivity index (χ2v) is 4.89. The minimum Gasteiger partial charge on any atom is -0.355 e. The van der Waals surface area contributed by atoms with E-state index in [0.29, 0.717) is 5.02 Å². The molecule has 0 saturated carbocycles. The highest BCUT2D eigenvalue weighted by Gasteiger charge is 2.15. The predicted molar refractivity (Wildman–Crippen MR) is 75.8 cm³/mol. The number of carbonyl (C=O) groups is 1. The maximum Gasteiger partial charge on any atom is 0.236 e. The summed E-state index contributed by atoms with van der Waals surface area (Å²) in [5.41, 5.74) is 1.08. The van der Waals surface area contributed by atoms with Gasteiger partial charge in [0.2, 0.25) is 5.91 Å². The zero-order valence-corrected chi connectivity index (χ0v) is 11.9. The van der Waals surface area contributed by atoms with Gasteiger partial charge in [0.25, 0.3) is 0 Å². The number of hydrogen-bond donors (Lipinski definition) is 2. The van der Waals surface area contributed by atoms with Gasteiger partial charge in [-0.15, -0.1) is 0 Å². The van der Waals surface area contributed by atoms with Crippen LogP contribution in [0.3, 0.4) is 0 Å². The largest absolute Gasteiger partial charge is 0.355 e. The van der Waals surface area contributed by atoms with Crippen molar-refractivity contribution in [2.24, 2.45) is 0 Å². The molecule has 0 aliphatic heterocycles. The Morgan fingerprint density at radius 1 is 1.39 bits per heavy atom. The lowest BCUT2D eigenvalue weighted by molar-refractivity contribution is -0.122. The van der Waals surface area contributed by atoms with Gasteiger partial charge in [-0.2, -0.15) is 0 Å². The molecule has 1 rings (SSSR count). The molecule has 0 bridgehead atoms. The molecule has 18 heavy (non-hydrogen) atoms. The molecule has 1 aromatic rings. The lowest BCUT2D eigenvalue weighted by Crippen LogP contribution is -2.43. The van der Waals surface area contributed by atoms with E-state index in [-0.39, 0.29) is 18.0 Å². The van der Waals surface area contributed by atoms with E-state index in [4.69, 9.17) is 11.6 Å². The van der Waals surface area contributed by atoms with Gasteiger partial charge in [0.15, 0.2) is 0 Å². The van der Waals surface area contributed by atoms with Crippen LogP contribution in [0.15, 0.2) is 24.3 Å². The highest BCUT2D eigenvalue weighted by molar-refractivity contribution is 6.30. The Morgan fingerprint density at radius 3 is 2.72 bits per heavy atom. The third kappa shape index (κ3) is 4.67. The van der Waals surface area contributed by atoms with E-state index in [9.17, 15) is 4.79 Å². The van der Waals surface area contributed by atoms with Crippen LogP contribution >= 0.6 is 11.6 Å². The molecule has 0 aliphatic carbocycles. The number of halogens is 1. The molecular weight excluding hydrogens is 248 g/mol. The first-order chi connectivity index (χ1) is 8.54. The van der Waals surface area contributed by atoms with Gasteiger partial charge in [-0.3, -0.25) is 10.1 Å². The number of hydrogen-bond acceptors (Lipinski definition) is 2. The van der Waals surface area contributed by atoms with Gasteiger partial charge in [-0.25, -0.2) is 0 Å². The summed E-state index contributed by atoms with van der Waals surface area (Å²) in [4.78, 5) is 11.7. The summed E-state index contributed by atoms with van der Waals surface area (Å²) in [6.45, 7) is 6.64. The molecule has 100 valence electrons. The van der Waals surface area contributed by atoms with E-state index in [0.717, 1.165) is 18.5 Å². The molecule has 3 nitrogen and oxygen atoms in total. The second-order valence-electron chi connectivity index (χ2n) is 4.46. The average Bonchev–Trinajstić information content (AvgIpc) is 2.35. The monoisotopic (exact) mass is 268 g/mol. The smallest absolute Gasteiger partial charge is 0.236 e. The Balaban J connectivity index is 2.53. The Bertz CT molecular complexity index is 395. The van der Waals surface area contributed by atoms with Crippen molar-refractivity contribution in [1.82, 2.24) is 10.6 Å². The van der Waals surface area contributed by atoms with Crippen molar-refractivity contribution in [3.8, 4) is 0 Å². The van der Waals surface area contributed by atoms with E-state index in [1.165, 1.54) is 0 Å². The van der Waals surface area contributed by atoms with Gasteiger partial charge < -0.3 is 5.32 Å². The van der Waals surface area contributed by atoms with Crippen molar-refractivity contribution >= 4 is 17.5 Å². The molecule has 1 unspecified atom stereocenters. The highest BCUT2D eigenvalue weighted by atomic mass is 35.5. The number of amides is 1. The maximum absolute atomic E-state index is 11.7. The van der Waals surface area contributed by atoms with Crippen LogP contribution < -0.4 is 10.6 Å². The van der Waals surface area contributed by atoms with Crippen molar-refractivity contribution < 1.29 is 4.79 Å². The molecule has 1 aromatic carbocycles. The normalized spacial score (nSPS) is 14.0. The number of rotatable bonds is 6. The van der Waals surface area contributed by atoms with Crippen LogP contribution in [-0.4, -0.2) is 18.5 Å². The maximum atomic E-state index is 11.7. The van der Waals surface area contributed by atoms with E-state index in [1.54, 1.807) is 0 Å². The summed E-state index contributed by atoms with van der Waals surface area (Å²) < 4.78 is 0. The summed E-state index contributed by atoms with van der Waals surface area (Å²) in [5.74, 6) is 0.0331.